The van der Waals surface area contributed by atoms with Gasteiger partial charge in [-0.15, -0.1) is 0 Å². The number of furan rings is 1. The second-order valence-electron chi connectivity index (χ2n) is 4.20. The summed E-state index contributed by atoms with van der Waals surface area (Å²) >= 11 is 0. The van der Waals surface area contributed by atoms with Gasteiger partial charge in [0.1, 0.15) is 18.0 Å². The molecule has 0 radical (unpaired) electrons. The maximum atomic E-state index is 9.03. The van der Waals surface area contributed by atoms with Gasteiger partial charge >= 0.3 is 0 Å². The molecule has 0 fully saturated rings. The lowest BCUT2D eigenvalue weighted by Crippen LogP contribution is -2.21. The van der Waals surface area contributed by atoms with Crippen LogP contribution in [-0.4, -0.2) is 23.1 Å². The topological polar surface area (TPSA) is 36.6 Å². The van der Waals surface area contributed by atoms with E-state index in [0.29, 0.717) is 5.76 Å². The molecule has 3 nitrogen and oxygen atoms in total. The molecule has 0 amide bonds. The molecule has 0 aliphatic heterocycles. The average molecular weight is 233 g/mol. The molecule has 92 valence electrons. The smallest absolute Gasteiger partial charge is 0.134 e. The molecule has 3 heteroatoms. The Morgan fingerprint density at radius 3 is 2.59 bits per heavy atom. The number of benzene rings is 1. The van der Waals surface area contributed by atoms with Gasteiger partial charge in [0.15, 0.2) is 0 Å². The Bertz CT molecular complexity index is 486. The van der Waals surface area contributed by atoms with Crippen molar-refractivity contribution in [3.63, 3.8) is 0 Å². The van der Waals surface area contributed by atoms with Crippen LogP contribution in [0.25, 0.3) is 11.0 Å². The van der Waals surface area contributed by atoms with Gasteiger partial charge in [-0.3, -0.25) is 4.90 Å². The molecule has 0 atom stereocenters. The van der Waals surface area contributed by atoms with Gasteiger partial charge < -0.3 is 9.52 Å². The van der Waals surface area contributed by atoms with Crippen LogP contribution in [0.1, 0.15) is 25.2 Å². The fourth-order valence-electron chi connectivity index (χ4n) is 2.01. The van der Waals surface area contributed by atoms with Gasteiger partial charge in [0.2, 0.25) is 0 Å². The van der Waals surface area contributed by atoms with Crippen molar-refractivity contribution in [1.82, 2.24) is 4.90 Å². The summed E-state index contributed by atoms with van der Waals surface area (Å²) in [5, 5.41) is 10.1. The fourth-order valence-corrected chi connectivity index (χ4v) is 2.01. The molecule has 0 saturated carbocycles. The maximum Gasteiger partial charge on any atom is 0.134 e. The number of hydrogen-bond donors (Lipinski definition) is 1. The monoisotopic (exact) mass is 233 g/mol. The summed E-state index contributed by atoms with van der Waals surface area (Å²) in [6.45, 7) is 7.33. The second kappa shape index (κ2) is 5.34. The molecule has 0 bridgehead atoms. The molecule has 0 spiro atoms. The summed E-state index contributed by atoms with van der Waals surface area (Å²) in [5.74, 6) is 0.625. The molecule has 2 rings (SSSR count). The standard InChI is InChI=1S/C14H19NO2/c1-3-15(4-2)9-11-5-6-12-8-13(10-16)17-14(12)7-11/h5-8,16H,3-4,9-10H2,1-2H3. The first kappa shape index (κ1) is 12.1. The number of nitrogens with zero attached hydrogens (tertiary/aromatic N) is 1. The number of aliphatic hydroxyl groups excluding tert-OH is 1. The molecule has 17 heavy (non-hydrogen) atoms. The lowest BCUT2D eigenvalue weighted by Gasteiger charge is -2.17. The molecule has 0 unspecified atom stereocenters. The summed E-state index contributed by atoms with van der Waals surface area (Å²) < 4.78 is 5.54. The normalized spacial score (nSPS) is 11.5. The van der Waals surface area contributed by atoms with Gasteiger partial charge in [0.25, 0.3) is 0 Å². The summed E-state index contributed by atoms with van der Waals surface area (Å²) in [6.07, 6.45) is 0. The zero-order chi connectivity index (χ0) is 12.3. The zero-order valence-corrected chi connectivity index (χ0v) is 10.4. The average Bonchev–Trinajstić information content (AvgIpc) is 2.78. The summed E-state index contributed by atoms with van der Waals surface area (Å²) in [7, 11) is 0. The van der Waals surface area contributed by atoms with Crippen LogP contribution in [0.15, 0.2) is 28.7 Å². The van der Waals surface area contributed by atoms with E-state index in [1.54, 1.807) is 0 Å². The van der Waals surface area contributed by atoms with E-state index in [1.165, 1.54) is 5.56 Å². The van der Waals surface area contributed by atoms with Crippen LogP contribution in [0.5, 0.6) is 0 Å². The number of fused-ring (bicyclic) bond motifs is 1. The SMILES string of the molecule is CCN(CC)Cc1ccc2cc(CO)oc2c1. The molecule has 2 aromatic rings. The first-order valence-electron chi connectivity index (χ1n) is 6.11. The van der Waals surface area contributed by atoms with E-state index >= 15 is 0 Å². The van der Waals surface area contributed by atoms with Crippen LogP contribution in [0, 0.1) is 0 Å². The second-order valence-corrected chi connectivity index (χ2v) is 4.20. The molecule has 1 N–H and O–H groups in total. The Morgan fingerprint density at radius 2 is 1.94 bits per heavy atom. The van der Waals surface area contributed by atoms with Gasteiger partial charge in [-0.1, -0.05) is 26.0 Å². The van der Waals surface area contributed by atoms with Gasteiger partial charge in [0.05, 0.1) is 0 Å². The van der Waals surface area contributed by atoms with E-state index in [0.717, 1.165) is 30.6 Å². The van der Waals surface area contributed by atoms with E-state index in [9.17, 15) is 0 Å². The first-order valence-corrected chi connectivity index (χ1v) is 6.11. The predicted molar refractivity (Wildman–Crippen MR) is 68.8 cm³/mol. The molecule has 0 aliphatic carbocycles. The van der Waals surface area contributed by atoms with Gasteiger partial charge in [0, 0.05) is 11.9 Å². The van der Waals surface area contributed by atoms with Crippen molar-refractivity contribution in [3.8, 4) is 0 Å². The maximum absolute atomic E-state index is 9.03. The minimum atomic E-state index is -0.0416. The number of aliphatic hydroxyl groups is 1. The molecule has 1 heterocycles. The molecule has 1 aromatic heterocycles. The first-order chi connectivity index (χ1) is 8.26. The number of rotatable bonds is 5. The highest BCUT2D eigenvalue weighted by Crippen LogP contribution is 2.21. The van der Waals surface area contributed by atoms with Crippen molar-refractivity contribution in [2.45, 2.75) is 27.0 Å². The van der Waals surface area contributed by atoms with Crippen molar-refractivity contribution in [2.75, 3.05) is 13.1 Å². The Balaban J connectivity index is 2.24. The highest BCUT2D eigenvalue weighted by Gasteiger charge is 2.06. The molecule has 0 aliphatic rings. The van der Waals surface area contributed by atoms with Crippen molar-refractivity contribution < 1.29 is 9.52 Å². The largest absolute Gasteiger partial charge is 0.459 e. The molecule has 1 aromatic carbocycles. The third-order valence-electron chi connectivity index (χ3n) is 3.09. The quantitative estimate of drug-likeness (QED) is 0.862. The van der Waals surface area contributed by atoms with Crippen molar-refractivity contribution >= 4 is 11.0 Å². The fraction of sp³-hybridized carbons (Fsp3) is 0.429. The summed E-state index contributed by atoms with van der Waals surface area (Å²) in [5.41, 5.74) is 2.11. The molecule has 0 saturated heterocycles. The molecular formula is C14H19NO2. The minimum Gasteiger partial charge on any atom is -0.459 e. The van der Waals surface area contributed by atoms with Crippen LogP contribution in [-0.2, 0) is 13.2 Å². The lowest BCUT2D eigenvalue weighted by atomic mass is 10.1. The van der Waals surface area contributed by atoms with E-state index < -0.39 is 0 Å². The third-order valence-corrected chi connectivity index (χ3v) is 3.09. The zero-order valence-electron chi connectivity index (χ0n) is 10.4. The third kappa shape index (κ3) is 2.68. The highest BCUT2D eigenvalue weighted by molar-refractivity contribution is 5.78. The Kier molecular flexibility index (Phi) is 3.82. The Labute approximate surface area is 102 Å². The van der Waals surface area contributed by atoms with Crippen LogP contribution in [0.2, 0.25) is 0 Å². The van der Waals surface area contributed by atoms with E-state index in [4.69, 9.17) is 9.52 Å². The van der Waals surface area contributed by atoms with Crippen molar-refractivity contribution in [1.29, 1.82) is 0 Å². The highest BCUT2D eigenvalue weighted by atomic mass is 16.4. The Morgan fingerprint density at radius 1 is 1.18 bits per heavy atom. The van der Waals surface area contributed by atoms with Crippen molar-refractivity contribution in [2.24, 2.45) is 0 Å². The van der Waals surface area contributed by atoms with Crippen LogP contribution in [0.4, 0.5) is 0 Å². The Hall–Kier alpha value is -1.32. The van der Waals surface area contributed by atoms with Gasteiger partial charge in [-0.2, -0.15) is 0 Å². The minimum absolute atomic E-state index is 0.0416. The summed E-state index contributed by atoms with van der Waals surface area (Å²) in [4.78, 5) is 2.36. The summed E-state index contributed by atoms with van der Waals surface area (Å²) in [6, 6.07) is 8.12. The number of hydrogen-bond acceptors (Lipinski definition) is 3. The van der Waals surface area contributed by atoms with Crippen LogP contribution >= 0.6 is 0 Å². The van der Waals surface area contributed by atoms with Crippen LogP contribution in [0.3, 0.4) is 0 Å². The van der Waals surface area contributed by atoms with Crippen LogP contribution < -0.4 is 0 Å². The van der Waals surface area contributed by atoms with Gasteiger partial charge in [-0.05, 0) is 30.8 Å². The van der Waals surface area contributed by atoms with Gasteiger partial charge in [-0.25, -0.2) is 0 Å². The molecular weight excluding hydrogens is 214 g/mol. The van der Waals surface area contributed by atoms with E-state index in [1.807, 2.05) is 6.07 Å². The van der Waals surface area contributed by atoms with E-state index in [-0.39, 0.29) is 6.61 Å². The predicted octanol–water partition coefficient (Wildman–Crippen LogP) is 2.77. The lowest BCUT2D eigenvalue weighted by molar-refractivity contribution is 0.251. The van der Waals surface area contributed by atoms with E-state index in [2.05, 4.69) is 36.9 Å². The van der Waals surface area contributed by atoms with Crippen molar-refractivity contribution in [3.05, 3.63) is 35.6 Å².